The SMILES string of the molecule is C[C@@H](NC(=O)OC(C)(C)C)c1cccc(OCCCCCCOCCOCCOCCCCCC(=O)OC(C)(C)C)c1. The second-order valence-corrected chi connectivity index (χ2v) is 12.4. The Morgan fingerprint density at radius 1 is 0.690 bits per heavy atom. The van der Waals surface area contributed by atoms with Crippen molar-refractivity contribution in [2.45, 2.75) is 117 Å². The molecular formula is C33H57NO8. The van der Waals surface area contributed by atoms with E-state index >= 15 is 0 Å². The standard InChI is InChI=1S/C33H57NO8/c1-27(34-31(36)42-33(5,6)7)28-16-15-17-29(26-28)40-21-14-9-8-12-19-37-22-24-39-25-23-38-20-13-10-11-18-30(35)41-32(2,3)4/h15-17,26-27H,8-14,18-25H2,1-7H3,(H,34,36)/t27-/m1/s1. The topological polar surface area (TPSA) is 102 Å². The van der Waals surface area contributed by atoms with E-state index in [0.717, 1.165) is 62.9 Å². The summed E-state index contributed by atoms with van der Waals surface area (Å²) >= 11 is 0. The van der Waals surface area contributed by atoms with E-state index in [2.05, 4.69) is 5.32 Å². The normalized spacial score (nSPS) is 12.5. The number of carbonyl (C=O) groups excluding carboxylic acids is 2. The molecule has 1 aromatic carbocycles. The van der Waals surface area contributed by atoms with Gasteiger partial charge in [0.25, 0.3) is 0 Å². The second-order valence-electron chi connectivity index (χ2n) is 12.4. The Hall–Kier alpha value is -2.36. The predicted octanol–water partition coefficient (Wildman–Crippen LogP) is 7.16. The summed E-state index contributed by atoms with van der Waals surface area (Å²) in [5.74, 6) is 0.666. The number of ether oxygens (including phenoxy) is 6. The van der Waals surface area contributed by atoms with Crippen molar-refractivity contribution in [1.29, 1.82) is 0 Å². The first-order chi connectivity index (χ1) is 19.9. The number of carbonyl (C=O) groups is 2. The maximum absolute atomic E-state index is 12.0. The molecule has 0 saturated carbocycles. The number of hydrogen-bond acceptors (Lipinski definition) is 8. The van der Waals surface area contributed by atoms with Crippen LogP contribution in [-0.2, 0) is 28.5 Å². The lowest BCUT2D eigenvalue weighted by molar-refractivity contribution is -0.154. The van der Waals surface area contributed by atoms with E-state index in [0.29, 0.717) is 46.1 Å². The van der Waals surface area contributed by atoms with Crippen LogP contribution in [-0.4, -0.2) is 69.5 Å². The van der Waals surface area contributed by atoms with Crippen molar-refractivity contribution in [2.24, 2.45) is 0 Å². The number of alkyl carbamates (subject to hydrolysis) is 1. The van der Waals surface area contributed by atoms with Gasteiger partial charge in [0.1, 0.15) is 17.0 Å². The summed E-state index contributed by atoms with van der Waals surface area (Å²) < 4.78 is 33.3. The molecule has 1 atom stereocenters. The van der Waals surface area contributed by atoms with E-state index in [1.165, 1.54) is 0 Å². The van der Waals surface area contributed by atoms with Crippen LogP contribution >= 0.6 is 0 Å². The summed E-state index contributed by atoms with van der Waals surface area (Å²) in [5, 5.41) is 2.86. The van der Waals surface area contributed by atoms with Crippen molar-refractivity contribution in [1.82, 2.24) is 5.32 Å². The van der Waals surface area contributed by atoms with Gasteiger partial charge in [0.05, 0.1) is 39.1 Å². The molecular weight excluding hydrogens is 538 g/mol. The molecule has 242 valence electrons. The van der Waals surface area contributed by atoms with Crippen molar-refractivity contribution in [3.63, 3.8) is 0 Å². The fourth-order valence-electron chi connectivity index (χ4n) is 3.88. The van der Waals surface area contributed by atoms with Crippen LogP contribution in [0.5, 0.6) is 5.75 Å². The van der Waals surface area contributed by atoms with Gasteiger partial charge in [-0.3, -0.25) is 4.79 Å². The van der Waals surface area contributed by atoms with E-state index < -0.39 is 17.3 Å². The molecule has 1 amide bonds. The molecule has 1 rings (SSSR count). The van der Waals surface area contributed by atoms with E-state index in [-0.39, 0.29) is 12.0 Å². The molecule has 0 saturated heterocycles. The van der Waals surface area contributed by atoms with E-state index in [1.54, 1.807) is 0 Å². The molecule has 0 bridgehead atoms. The smallest absolute Gasteiger partial charge is 0.408 e. The van der Waals surface area contributed by atoms with Gasteiger partial charge in [-0.1, -0.05) is 25.0 Å². The minimum atomic E-state index is -0.527. The van der Waals surface area contributed by atoms with Gasteiger partial charge < -0.3 is 33.7 Å². The predicted molar refractivity (Wildman–Crippen MR) is 165 cm³/mol. The summed E-state index contributed by atoms with van der Waals surface area (Å²) in [5.41, 5.74) is 0.0271. The summed E-state index contributed by atoms with van der Waals surface area (Å²) in [6.07, 6.45) is 6.89. The first-order valence-electron chi connectivity index (χ1n) is 15.5. The number of amides is 1. The number of hydrogen-bond donors (Lipinski definition) is 1. The molecule has 0 spiro atoms. The molecule has 0 aliphatic rings. The molecule has 0 aliphatic heterocycles. The highest BCUT2D eigenvalue weighted by molar-refractivity contribution is 5.69. The molecule has 0 unspecified atom stereocenters. The number of rotatable bonds is 22. The number of unbranched alkanes of at least 4 members (excludes halogenated alkanes) is 5. The van der Waals surface area contributed by atoms with Gasteiger partial charge in [0, 0.05) is 19.6 Å². The fraction of sp³-hybridized carbons (Fsp3) is 0.758. The van der Waals surface area contributed by atoms with Crippen molar-refractivity contribution >= 4 is 12.1 Å². The maximum atomic E-state index is 12.0. The van der Waals surface area contributed by atoms with Crippen molar-refractivity contribution < 1.29 is 38.0 Å². The Balaban J connectivity index is 1.92. The van der Waals surface area contributed by atoms with Crippen LogP contribution in [0.15, 0.2) is 24.3 Å². The Morgan fingerprint density at radius 2 is 1.21 bits per heavy atom. The number of esters is 1. The first kappa shape index (κ1) is 37.7. The molecule has 0 aromatic heterocycles. The quantitative estimate of drug-likeness (QED) is 0.111. The zero-order valence-corrected chi connectivity index (χ0v) is 27.3. The summed E-state index contributed by atoms with van der Waals surface area (Å²) in [6, 6.07) is 7.62. The van der Waals surface area contributed by atoms with Gasteiger partial charge in [-0.15, -0.1) is 0 Å². The fourth-order valence-corrected chi connectivity index (χ4v) is 3.88. The Morgan fingerprint density at radius 3 is 1.79 bits per heavy atom. The zero-order chi connectivity index (χ0) is 31.3. The van der Waals surface area contributed by atoms with Crippen molar-refractivity contribution in [3.05, 3.63) is 29.8 Å². The number of benzene rings is 1. The van der Waals surface area contributed by atoms with Crippen LogP contribution in [0.25, 0.3) is 0 Å². The van der Waals surface area contributed by atoms with Crippen molar-refractivity contribution in [3.8, 4) is 5.75 Å². The molecule has 42 heavy (non-hydrogen) atoms. The minimum absolute atomic E-state index is 0.134. The Kier molecular flexibility index (Phi) is 19.1. The lowest BCUT2D eigenvalue weighted by atomic mass is 10.1. The highest BCUT2D eigenvalue weighted by atomic mass is 16.6. The second kappa shape index (κ2) is 21.3. The van der Waals surface area contributed by atoms with E-state index in [1.807, 2.05) is 72.7 Å². The van der Waals surface area contributed by atoms with Gasteiger partial charge in [-0.25, -0.2) is 4.79 Å². The summed E-state index contributed by atoms with van der Waals surface area (Å²) in [7, 11) is 0. The number of nitrogens with one attached hydrogen (secondary N) is 1. The van der Waals surface area contributed by atoms with Crippen LogP contribution in [0.3, 0.4) is 0 Å². The first-order valence-corrected chi connectivity index (χ1v) is 15.5. The molecule has 1 N–H and O–H groups in total. The molecule has 0 radical (unpaired) electrons. The molecule has 9 heteroatoms. The lowest BCUT2D eigenvalue weighted by Gasteiger charge is -2.22. The van der Waals surface area contributed by atoms with Crippen LogP contribution < -0.4 is 10.1 Å². The average molecular weight is 596 g/mol. The van der Waals surface area contributed by atoms with Crippen LogP contribution in [0, 0.1) is 0 Å². The van der Waals surface area contributed by atoms with Gasteiger partial charge in [0.15, 0.2) is 0 Å². The summed E-state index contributed by atoms with van der Waals surface area (Å²) in [4.78, 5) is 23.7. The van der Waals surface area contributed by atoms with Gasteiger partial charge >= 0.3 is 12.1 Å². The lowest BCUT2D eigenvalue weighted by Crippen LogP contribution is -2.34. The summed E-state index contributed by atoms with van der Waals surface area (Å²) in [6.45, 7) is 17.5. The van der Waals surface area contributed by atoms with E-state index in [9.17, 15) is 9.59 Å². The highest BCUT2D eigenvalue weighted by Crippen LogP contribution is 2.20. The zero-order valence-electron chi connectivity index (χ0n) is 27.3. The van der Waals surface area contributed by atoms with Crippen molar-refractivity contribution in [2.75, 3.05) is 46.2 Å². The monoisotopic (exact) mass is 595 g/mol. The molecule has 0 heterocycles. The van der Waals surface area contributed by atoms with Gasteiger partial charge in [0.2, 0.25) is 0 Å². The maximum Gasteiger partial charge on any atom is 0.408 e. The Bertz CT molecular complexity index is 862. The van der Waals surface area contributed by atoms with Crippen LogP contribution in [0.4, 0.5) is 4.79 Å². The Labute approximate surface area is 254 Å². The van der Waals surface area contributed by atoms with Gasteiger partial charge in [-0.05, 0) is 98.3 Å². The van der Waals surface area contributed by atoms with Crippen LogP contribution in [0.1, 0.15) is 111 Å². The third-order valence-corrected chi connectivity index (χ3v) is 5.88. The molecule has 0 aliphatic carbocycles. The molecule has 9 nitrogen and oxygen atoms in total. The largest absolute Gasteiger partial charge is 0.494 e. The minimum Gasteiger partial charge on any atom is -0.494 e. The molecule has 1 aromatic rings. The third-order valence-electron chi connectivity index (χ3n) is 5.88. The third kappa shape index (κ3) is 22.3. The molecule has 0 fully saturated rings. The average Bonchev–Trinajstić information content (AvgIpc) is 2.88. The van der Waals surface area contributed by atoms with E-state index in [4.69, 9.17) is 28.4 Å². The van der Waals surface area contributed by atoms with Crippen LogP contribution in [0.2, 0.25) is 0 Å². The van der Waals surface area contributed by atoms with Gasteiger partial charge in [-0.2, -0.15) is 0 Å². The highest BCUT2D eigenvalue weighted by Gasteiger charge is 2.18.